The lowest BCUT2D eigenvalue weighted by atomic mass is 10.1. The SMILES string of the molecule is CCNc1cc(NCC(C)(O)CSC)nc(CC)n1. The first-order valence-electron chi connectivity index (χ1n) is 6.57. The van der Waals surface area contributed by atoms with Crippen LogP contribution in [0, 0.1) is 0 Å². The van der Waals surface area contributed by atoms with Gasteiger partial charge in [-0.15, -0.1) is 0 Å². The maximum atomic E-state index is 10.1. The van der Waals surface area contributed by atoms with Crippen molar-refractivity contribution in [2.75, 3.05) is 35.7 Å². The average Bonchev–Trinajstić information content (AvgIpc) is 2.36. The van der Waals surface area contributed by atoms with Crippen molar-refractivity contribution in [3.63, 3.8) is 0 Å². The third kappa shape index (κ3) is 5.65. The summed E-state index contributed by atoms with van der Waals surface area (Å²) >= 11 is 1.63. The van der Waals surface area contributed by atoms with Gasteiger partial charge in [0.2, 0.25) is 0 Å². The van der Waals surface area contributed by atoms with Gasteiger partial charge in [0.15, 0.2) is 0 Å². The first-order valence-corrected chi connectivity index (χ1v) is 7.97. The summed E-state index contributed by atoms with van der Waals surface area (Å²) in [6, 6.07) is 1.87. The molecule has 0 fully saturated rings. The van der Waals surface area contributed by atoms with E-state index in [0.717, 1.165) is 30.4 Å². The van der Waals surface area contributed by atoms with Gasteiger partial charge in [-0.25, -0.2) is 9.97 Å². The van der Waals surface area contributed by atoms with Crippen LogP contribution in [0.2, 0.25) is 0 Å². The predicted octanol–water partition coefficient (Wildman–Crippen LogP) is 2.00. The molecular weight excluding hydrogens is 260 g/mol. The number of nitrogens with one attached hydrogen (secondary N) is 2. The molecule has 0 aliphatic rings. The molecule has 3 N–H and O–H groups in total. The van der Waals surface area contributed by atoms with Crippen LogP contribution in [0.25, 0.3) is 0 Å². The molecule has 1 heterocycles. The van der Waals surface area contributed by atoms with Crippen LogP contribution in [0.5, 0.6) is 0 Å². The van der Waals surface area contributed by atoms with Crippen LogP contribution >= 0.6 is 11.8 Å². The van der Waals surface area contributed by atoms with Crippen molar-refractivity contribution in [3.05, 3.63) is 11.9 Å². The first-order chi connectivity index (χ1) is 9.00. The molecular formula is C13H24N4OS. The highest BCUT2D eigenvalue weighted by Gasteiger charge is 2.19. The fourth-order valence-corrected chi connectivity index (χ4v) is 2.38. The number of hydrogen-bond donors (Lipinski definition) is 3. The minimum Gasteiger partial charge on any atom is -0.387 e. The van der Waals surface area contributed by atoms with Crippen molar-refractivity contribution in [3.8, 4) is 0 Å². The molecule has 1 rings (SSSR count). The van der Waals surface area contributed by atoms with E-state index in [2.05, 4.69) is 20.6 Å². The van der Waals surface area contributed by atoms with Crippen LogP contribution in [-0.2, 0) is 6.42 Å². The topological polar surface area (TPSA) is 70.1 Å². The highest BCUT2D eigenvalue weighted by Crippen LogP contribution is 2.15. The van der Waals surface area contributed by atoms with E-state index >= 15 is 0 Å². The molecule has 1 atom stereocenters. The molecule has 1 aromatic rings. The van der Waals surface area contributed by atoms with Crippen LogP contribution in [0.3, 0.4) is 0 Å². The molecule has 0 aromatic carbocycles. The molecule has 0 aliphatic heterocycles. The number of aliphatic hydroxyl groups is 1. The van der Waals surface area contributed by atoms with E-state index in [4.69, 9.17) is 0 Å². The number of aromatic nitrogens is 2. The Kier molecular flexibility index (Phi) is 6.37. The van der Waals surface area contributed by atoms with E-state index in [0.29, 0.717) is 12.3 Å². The van der Waals surface area contributed by atoms with Crippen molar-refractivity contribution >= 4 is 23.4 Å². The van der Waals surface area contributed by atoms with Crippen LogP contribution in [0.4, 0.5) is 11.6 Å². The van der Waals surface area contributed by atoms with Crippen LogP contribution in [0.15, 0.2) is 6.07 Å². The quantitative estimate of drug-likeness (QED) is 0.678. The summed E-state index contributed by atoms with van der Waals surface area (Å²) in [7, 11) is 0. The van der Waals surface area contributed by atoms with Gasteiger partial charge >= 0.3 is 0 Å². The van der Waals surface area contributed by atoms with Crippen molar-refractivity contribution in [1.29, 1.82) is 0 Å². The molecule has 5 nitrogen and oxygen atoms in total. The maximum Gasteiger partial charge on any atom is 0.132 e. The highest BCUT2D eigenvalue weighted by molar-refractivity contribution is 7.98. The lowest BCUT2D eigenvalue weighted by molar-refractivity contribution is 0.0996. The van der Waals surface area contributed by atoms with Crippen molar-refractivity contribution in [1.82, 2.24) is 9.97 Å². The van der Waals surface area contributed by atoms with E-state index in [1.165, 1.54) is 0 Å². The van der Waals surface area contributed by atoms with Gasteiger partial charge in [0.25, 0.3) is 0 Å². The van der Waals surface area contributed by atoms with Gasteiger partial charge in [0, 0.05) is 31.3 Å². The summed E-state index contributed by atoms with van der Waals surface area (Å²) in [6.07, 6.45) is 2.77. The molecule has 0 radical (unpaired) electrons. The zero-order valence-corrected chi connectivity index (χ0v) is 13.0. The Labute approximate surface area is 119 Å². The molecule has 0 aliphatic carbocycles. The zero-order chi connectivity index (χ0) is 14.3. The van der Waals surface area contributed by atoms with Crippen molar-refractivity contribution < 1.29 is 5.11 Å². The highest BCUT2D eigenvalue weighted by atomic mass is 32.2. The Balaban J connectivity index is 2.74. The fraction of sp³-hybridized carbons (Fsp3) is 0.692. The second kappa shape index (κ2) is 7.55. The monoisotopic (exact) mass is 284 g/mol. The summed E-state index contributed by atoms with van der Waals surface area (Å²) in [5.41, 5.74) is -0.741. The van der Waals surface area contributed by atoms with Gasteiger partial charge in [-0.05, 0) is 20.1 Å². The fourth-order valence-electron chi connectivity index (χ4n) is 1.66. The smallest absolute Gasteiger partial charge is 0.132 e. The molecule has 6 heteroatoms. The molecule has 1 unspecified atom stereocenters. The summed E-state index contributed by atoms with van der Waals surface area (Å²) in [5, 5.41) is 16.5. The van der Waals surface area contributed by atoms with E-state index in [1.54, 1.807) is 11.8 Å². The number of thioether (sulfide) groups is 1. The van der Waals surface area contributed by atoms with E-state index in [-0.39, 0.29) is 0 Å². The van der Waals surface area contributed by atoms with E-state index < -0.39 is 5.60 Å². The summed E-state index contributed by atoms with van der Waals surface area (Å²) in [4.78, 5) is 8.81. The molecule has 0 saturated carbocycles. The van der Waals surface area contributed by atoms with Gasteiger partial charge in [0.1, 0.15) is 17.5 Å². The predicted molar refractivity (Wildman–Crippen MR) is 83.1 cm³/mol. The first kappa shape index (κ1) is 16.0. The molecule has 1 aromatic heterocycles. The van der Waals surface area contributed by atoms with E-state index in [9.17, 15) is 5.11 Å². The van der Waals surface area contributed by atoms with Crippen LogP contribution in [0.1, 0.15) is 26.6 Å². The Morgan fingerprint density at radius 1 is 1.26 bits per heavy atom. The Morgan fingerprint density at radius 3 is 2.42 bits per heavy atom. The Hall–Kier alpha value is -1.01. The Bertz CT molecular complexity index is 398. The number of nitrogens with zero attached hydrogens (tertiary/aromatic N) is 2. The standard InChI is InChI=1S/C13H24N4OS/c1-5-10-16-11(14-6-2)7-12(17-10)15-8-13(3,18)9-19-4/h7,18H,5-6,8-9H2,1-4H3,(H2,14,15,16,17). The minimum atomic E-state index is -0.741. The lowest BCUT2D eigenvalue weighted by Gasteiger charge is -2.23. The molecule has 0 saturated heterocycles. The van der Waals surface area contributed by atoms with Gasteiger partial charge in [-0.2, -0.15) is 11.8 Å². The summed E-state index contributed by atoms with van der Waals surface area (Å²) in [6.45, 7) is 7.18. The minimum absolute atomic E-state index is 0.472. The third-order valence-electron chi connectivity index (χ3n) is 2.55. The zero-order valence-electron chi connectivity index (χ0n) is 12.2. The number of aryl methyl sites for hydroxylation is 1. The van der Waals surface area contributed by atoms with Crippen LogP contribution < -0.4 is 10.6 Å². The van der Waals surface area contributed by atoms with E-state index in [1.807, 2.05) is 33.1 Å². The normalized spacial score (nSPS) is 13.9. The maximum absolute atomic E-state index is 10.1. The molecule has 0 bridgehead atoms. The number of hydrogen-bond acceptors (Lipinski definition) is 6. The lowest BCUT2D eigenvalue weighted by Crippen LogP contribution is -2.36. The van der Waals surface area contributed by atoms with Crippen molar-refractivity contribution in [2.24, 2.45) is 0 Å². The molecule has 108 valence electrons. The summed E-state index contributed by atoms with van der Waals surface area (Å²) < 4.78 is 0. The third-order valence-corrected chi connectivity index (χ3v) is 3.46. The molecule has 0 spiro atoms. The van der Waals surface area contributed by atoms with Crippen LogP contribution in [-0.4, -0.2) is 45.8 Å². The molecule has 19 heavy (non-hydrogen) atoms. The summed E-state index contributed by atoms with van der Waals surface area (Å²) in [5.74, 6) is 3.06. The number of anilines is 2. The van der Waals surface area contributed by atoms with Gasteiger partial charge in [-0.1, -0.05) is 6.92 Å². The van der Waals surface area contributed by atoms with Crippen molar-refractivity contribution in [2.45, 2.75) is 32.8 Å². The second-order valence-electron chi connectivity index (χ2n) is 4.72. The van der Waals surface area contributed by atoms with Gasteiger partial charge < -0.3 is 15.7 Å². The van der Waals surface area contributed by atoms with Gasteiger partial charge in [0.05, 0.1) is 5.60 Å². The number of rotatable bonds is 8. The Morgan fingerprint density at radius 2 is 1.89 bits per heavy atom. The molecule has 0 amide bonds. The largest absolute Gasteiger partial charge is 0.387 e. The average molecular weight is 284 g/mol. The van der Waals surface area contributed by atoms with Gasteiger partial charge in [-0.3, -0.25) is 0 Å². The second-order valence-corrected chi connectivity index (χ2v) is 5.59.